The summed E-state index contributed by atoms with van der Waals surface area (Å²) in [4.78, 5) is 42.7. The third-order valence-corrected chi connectivity index (χ3v) is 7.18. The number of halogens is 1. The highest BCUT2D eigenvalue weighted by molar-refractivity contribution is 7.07. The number of hydrogen-bond donors (Lipinski definition) is 1. The van der Waals surface area contributed by atoms with Crippen molar-refractivity contribution in [3.8, 4) is 11.5 Å². The summed E-state index contributed by atoms with van der Waals surface area (Å²) < 4.78 is 12.3. The van der Waals surface area contributed by atoms with Crippen molar-refractivity contribution in [2.75, 3.05) is 13.2 Å². The zero-order valence-corrected chi connectivity index (χ0v) is 22.6. The van der Waals surface area contributed by atoms with Crippen molar-refractivity contribution < 1.29 is 24.3 Å². The number of nitro groups is 1. The largest absolute Gasteiger partial charge is 0.503 e. The molecule has 0 saturated heterocycles. The lowest BCUT2D eigenvalue weighted by molar-refractivity contribution is -0.385. The molecule has 1 N–H and O–H groups in total. The first kappa shape index (κ1) is 27.1. The van der Waals surface area contributed by atoms with Crippen LogP contribution in [0, 0.1) is 17.0 Å². The van der Waals surface area contributed by atoms with Crippen LogP contribution in [0.5, 0.6) is 11.5 Å². The lowest BCUT2D eigenvalue weighted by atomic mass is 9.94. The fourth-order valence-corrected chi connectivity index (χ4v) is 5.46. The summed E-state index contributed by atoms with van der Waals surface area (Å²) in [5.74, 6) is -0.699. The number of carbonyl (C=O) groups is 1. The minimum Gasteiger partial charge on any atom is -0.503 e. The number of rotatable bonds is 7. The van der Waals surface area contributed by atoms with E-state index < -0.39 is 22.5 Å². The molecule has 0 fully saturated rings. The topological polar surface area (TPSA) is 133 Å². The molecule has 12 heteroatoms. The second kappa shape index (κ2) is 10.8. The number of aromatic hydroxyl groups is 1. The Morgan fingerprint density at radius 3 is 2.66 bits per heavy atom. The third-order valence-electron chi connectivity index (χ3n) is 5.91. The molecule has 1 unspecified atom stereocenters. The maximum Gasteiger partial charge on any atom is 0.338 e. The molecule has 0 spiro atoms. The number of ether oxygens (including phenoxy) is 2. The summed E-state index contributed by atoms with van der Waals surface area (Å²) in [5.41, 5.74) is 1.19. The van der Waals surface area contributed by atoms with Gasteiger partial charge in [-0.3, -0.25) is 19.5 Å². The van der Waals surface area contributed by atoms with E-state index in [0.717, 1.165) is 11.3 Å². The second-order valence-corrected chi connectivity index (χ2v) is 9.80. The molecule has 38 heavy (non-hydrogen) atoms. The second-order valence-electron chi connectivity index (χ2n) is 8.39. The van der Waals surface area contributed by atoms with Gasteiger partial charge in [0.05, 0.1) is 45.0 Å². The van der Waals surface area contributed by atoms with Crippen molar-refractivity contribution in [3.05, 3.63) is 93.1 Å². The lowest BCUT2D eigenvalue weighted by Gasteiger charge is -2.24. The summed E-state index contributed by atoms with van der Waals surface area (Å²) in [5, 5.41) is 21.9. The van der Waals surface area contributed by atoms with Gasteiger partial charge in [0.25, 0.3) is 11.2 Å². The lowest BCUT2D eigenvalue weighted by Crippen LogP contribution is -2.40. The van der Waals surface area contributed by atoms with Crippen LogP contribution >= 0.6 is 22.9 Å². The molecule has 1 atom stereocenters. The monoisotopic (exact) mass is 557 g/mol. The molecule has 0 saturated carbocycles. The molecule has 4 rings (SSSR count). The Morgan fingerprint density at radius 1 is 1.26 bits per heavy atom. The minimum absolute atomic E-state index is 0.0558. The van der Waals surface area contributed by atoms with Gasteiger partial charge in [-0.1, -0.05) is 35.1 Å². The average molecular weight is 558 g/mol. The number of benzene rings is 2. The van der Waals surface area contributed by atoms with Crippen molar-refractivity contribution in [1.29, 1.82) is 0 Å². The number of thiazole rings is 1. The van der Waals surface area contributed by atoms with Crippen molar-refractivity contribution in [2.45, 2.75) is 33.7 Å². The number of aromatic nitrogens is 1. The van der Waals surface area contributed by atoms with Crippen molar-refractivity contribution in [2.24, 2.45) is 4.99 Å². The summed E-state index contributed by atoms with van der Waals surface area (Å²) in [7, 11) is 0. The standard InChI is InChI=1S/C26H24ClN3O7S/c1-5-36-19-10-15(9-17(27)23(19)31)11-20-24(32)29-22(16-8-7-13(3)18(12-16)30(34)35)21(25(33)37-6-2)14(4)28-26(29)38-20/h7-12,22,31H,5-6H2,1-4H3. The van der Waals surface area contributed by atoms with Gasteiger partial charge in [-0.25, -0.2) is 9.79 Å². The maximum atomic E-state index is 13.7. The number of phenols is 1. The van der Waals surface area contributed by atoms with E-state index in [0.29, 0.717) is 33.8 Å². The average Bonchev–Trinajstić information content (AvgIpc) is 3.16. The van der Waals surface area contributed by atoms with Gasteiger partial charge < -0.3 is 14.6 Å². The zero-order valence-electron chi connectivity index (χ0n) is 21.0. The van der Waals surface area contributed by atoms with E-state index >= 15 is 0 Å². The number of nitrogens with zero attached hydrogens (tertiary/aromatic N) is 3. The number of esters is 1. The molecule has 1 aromatic heterocycles. The Labute approximate surface area is 225 Å². The van der Waals surface area contributed by atoms with E-state index in [1.807, 2.05) is 0 Å². The van der Waals surface area contributed by atoms with Crippen LogP contribution in [0.2, 0.25) is 5.02 Å². The van der Waals surface area contributed by atoms with Gasteiger partial charge in [0, 0.05) is 11.6 Å². The SMILES string of the molecule is CCOC(=O)C1=C(C)N=c2sc(=Cc3cc(Cl)c(O)c(OCC)c3)c(=O)n2C1c1ccc(C)c([N+](=O)[O-])c1. The fourth-order valence-electron chi connectivity index (χ4n) is 4.19. The highest BCUT2D eigenvalue weighted by Crippen LogP contribution is 2.36. The Hall–Kier alpha value is -3.96. The molecule has 1 aliphatic rings. The molecule has 0 bridgehead atoms. The number of aryl methyl sites for hydroxylation is 1. The molecule has 0 amide bonds. The molecule has 3 aromatic rings. The van der Waals surface area contributed by atoms with Crippen molar-refractivity contribution in [1.82, 2.24) is 4.57 Å². The van der Waals surface area contributed by atoms with Gasteiger partial charge in [0.1, 0.15) is 0 Å². The van der Waals surface area contributed by atoms with Gasteiger partial charge in [-0.15, -0.1) is 0 Å². The van der Waals surface area contributed by atoms with E-state index in [9.17, 15) is 24.8 Å². The Bertz CT molecular complexity index is 1670. The number of allylic oxidation sites excluding steroid dienone is 1. The van der Waals surface area contributed by atoms with E-state index in [-0.39, 0.29) is 38.9 Å². The fraction of sp³-hybridized carbons (Fsp3) is 0.269. The molecule has 0 aliphatic carbocycles. The summed E-state index contributed by atoms with van der Waals surface area (Å²) in [6.45, 7) is 7.07. The van der Waals surface area contributed by atoms with Crippen molar-refractivity contribution >= 4 is 40.7 Å². The van der Waals surface area contributed by atoms with Crippen LogP contribution in [0.25, 0.3) is 6.08 Å². The number of phenolic OH excluding ortho intramolecular Hbond substituents is 1. The van der Waals surface area contributed by atoms with Crippen molar-refractivity contribution in [3.63, 3.8) is 0 Å². The first-order chi connectivity index (χ1) is 18.1. The number of nitro benzene ring substituents is 1. The van der Waals surface area contributed by atoms with Gasteiger partial charge in [-0.2, -0.15) is 0 Å². The highest BCUT2D eigenvalue weighted by Gasteiger charge is 2.34. The summed E-state index contributed by atoms with van der Waals surface area (Å²) >= 11 is 7.25. The molecule has 0 radical (unpaired) electrons. The van der Waals surface area contributed by atoms with E-state index in [1.165, 1.54) is 16.7 Å². The molecular formula is C26H24ClN3O7S. The molecule has 10 nitrogen and oxygen atoms in total. The maximum absolute atomic E-state index is 13.7. The minimum atomic E-state index is -0.992. The molecule has 2 aromatic carbocycles. The smallest absolute Gasteiger partial charge is 0.338 e. The predicted molar refractivity (Wildman–Crippen MR) is 143 cm³/mol. The number of fused-ring (bicyclic) bond motifs is 1. The van der Waals surface area contributed by atoms with Crippen LogP contribution in [0.1, 0.15) is 43.5 Å². The number of carbonyl (C=O) groups excluding carboxylic acids is 1. The van der Waals surface area contributed by atoms with Crippen LogP contribution in [0.15, 0.2) is 51.4 Å². The summed E-state index contributed by atoms with van der Waals surface area (Å²) in [6, 6.07) is 6.65. The Balaban J connectivity index is 1.98. The first-order valence-electron chi connectivity index (χ1n) is 11.7. The Kier molecular flexibility index (Phi) is 7.70. The number of hydrogen-bond acceptors (Lipinski definition) is 9. The van der Waals surface area contributed by atoms with Crippen LogP contribution in [-0.4, -0.2) is 33.8 Å². The van der Waals surface area contributed by atoms with Gasteiger partial charge in [0.2, 0.25) is 0 Å². The van der Waals surface area contributed by atoms with Crippen LogP contribution in [-0.2, 0) is 9.53 Å². The summed E-state index contributed by atoms with van der Waals surface area (Å²) in [6.07, 6.45) is 1.58. The van der Waals surface area contributed by atoms with E-state index in [4.69, 9.17) is 21.1 Å². The zero-order chi connectivity index (χ0) is 27.7. The van der Waals surface area contributed by atoms with Crippen LogP contribution in [0.3, 0.4) is 0 Å². The first-order valence-corrected chi connectivity index (χ1v) is 12.9. The van der Waals surface area contributed by atoms with Gasteiger partial charge in [0.15, 0.2) is 16.3 Å². The molecular weight excluding hydrogens is 534 g/mol. The van der Waals surface area contributed by atoms with E-state index in [2.05, 4.69) is 4.99 Å². The molecule has 2 heterocycles. The highest BCUT2D eigenvalue weighted by atomic mass is 35.5. The molecule has 1 aliphatic heterocycles. The van der Waals surface area contributed by atoms with Crippen LogP contribution < -0.4 is 19.6 Å². The third kappa shape index (κ3) is 4.94. The Morgan fingerprint density at radius 2 is 2.00 bits per heavy atom. The predicted octanol–water partition coefficient (Wildman–Crippen LogP) is 3.77. The molecule has 198 valence electrons. The van der Waals surface area contributed by atoms with Crippen LogP contribution in [0.4, 0.5) is 5.69 Å². The normalized spacial score (nSPS) is 15.2. The van der Waals surface area contributed by atoms with E-state index in [1.54, 1.807) is 52.0 Å². The quantitative estimate of drug-likeness (QED) is 0.265. The van der Waals surface area contributed by atoms with Gasteiger partial charge in [-0.05, 0) is 57.0 Å². The van der Waals surface area contributed by atoms with Gasteiger partial charge >= 0.3 is 5.97 Å².